The second-order valence-corrected chi connectivity index (χ2v) is 22.9. The number of carbonyl (C=O) groups is 1. The van der Waals surface area contributed by atoms with Crippen molar-refractivity contribution in [2.75, 3.05) is 26.4 Å². The Hall–Kier alpha value is -1.21. The van der Waals surface area contributed by atoms with E-state index in [0.29, 0.717) is 12.8 Å². The summed E-state index contributed by atoms with van der Waals surface area (Å²) in [7, 11) is 0. The van der Waals surface area contributed by atoms with Crippen LogP contribution in [-0.4, -0.2) is 193 Å². The number of ether oxygens (including phenoxy) is 6. The Morgan fingerprint density at radius 3 is 1.12 bits per heavy atom. The van der Waals surface area contributed by atoms with Gasteiger partial charge in [-0.25, -0.2) is 0 Å². The molecule has 0 spiro atoms. The fourth-order valence-corrected chi connectivity index (χ4v) is 11.0. The molecule has 1 amide bonds. The van der Waals surface area contributed by atoms with Crippen LogP contribution in [0.1, 0.15) is 239 Å². The smallest absolute Gasteiger partial charge is 0.220 e. The van der Waals surface area contributed by atoms with E-state index in [2.05, 4.69) is 19.2 Å². The number of aliphatic hydroxyl groups is 11. The quantitative estimate of drug-likeness (QED) is 0.0312. The van der Waals surface area contributed by atoms with Gasteiger partial charge in [-0.05, 0) is 12.8 Å². The Bertz CT molecular complexity index is 1440. The van der Waals surface area contributed by atoms with Crippen LogP contribution in [0.2, 0.25) is 0 Å². The molecule has 0 radical (unpaired) electrons. The first-order chi connectivity index (χ1) is 37.8. The molecule has 78 heavy (non-hydrogen) atoms. The number of unbranched alkanes of at least 4 members (excludes halogenated alkanes) is 31. The molecule has 0 aromatic heterocycles. The van der Waals surface area contributed by atoms with Gasteiger partial charge in [0.2, 0.25) is 5.91 Å². The van der Waals surface area contributed by atoms with Crippen molar-refractivity contribution in [1.29, 1.82) is 0 Å². The van der Waals surface area contributed by atoms with Gasteiger partial charge >= 0.3 is 0 Å². The second kappa shape index (κ2) is 43.4. The lowest BCUT2D eigenvalue weighted by molar-refractivity contribution is -0.379. The molecule has 0 bridgehead atoms. The average molecular weight is 1120 g/mol. The number of rotatable bonds is 47. The van der Waals surface area contributed by atoms with Gasteiger partial charge in [-0.2, -0.15) is 0 Å². The summed E-state index contributed by atoms with van der Waals surface area (Å²) in [5.74, 6) is -0.247. The van der Waals surface area contributed by atoms with E-state index in [1.54, 1.807) is 0 Å². The van der Waals surface area contributed by atoms with Crippen LogP contribution in [0.25, 0.3) is 0 Å². The van der Waals surface area contributed by atoms with Gasteiger partial charge in [0.15, 0.2) is 18.9 Å². The standard InChI is InChI=1S/C59H113NO18/c1-3-5-7-9-10-11-12-13-14-15-16-17-18-19-20-21-22-23-24-25-26-27-28-29-30-31-32-33-35-37-47(65)60-42(43(64)36-34-8-6-4-2)41-73-57-53(71)50(68)55(45(39-62)75-57)78-59-54(72)51(69)56(46(40-63)76-59)77-58-52(70)49(67)48(66)44(38-61)74-58/h42-46,48-59,61-64,66-72H,3-41H2,1-2H3,(H,60,65). The summed E-state index contributed by atoms with van der Waals surface area (Å²) in [6.07, 6.45) is 16.1. The SMILES string of the molecule is CCCCCCCCCCCCCCCCCCCCCCCCCCCCCCCC(=O)NC(COC1OC(CO)C(OC2OC(CO)C(OC3OC(CO)C(O)C(O)C3O)C(O)C2O)C(O)C1O)C(O)CCCCCC. The zero-order valence-corrected chi connectivity index (χ0v) is 48.2. The summed E-state index contributed by atoms with van der Waals surface area (Å²) in [5, 5.41) is 119. The van der Waals surface area contributed by atoms with Crippen LogP contribution in [0.3, 0.4) is 0 Å². The van der Waals surface area contributed by atoms with Gasteiger partial charge in [-0.3, -0.25) is 4.79 Å². The fraction of sp³-hybridized carbons (Fsp3) is 0.983. The number of aliphatic hydroxyl groups excluding tert-OH is 11. The molecule has 3 heterocycles. The Kier molecular flexibility index (Phi) is 39.6. The van der Waals surface area contributed by atoms with Crippen LogP contribution in [0, 0.1) is 0 Å². The highest BCUT2D eigenvalue weighted by atomic mass is 16.8. The van der Waals surface area contributed by atoms with Gasteiger partial charge in [0.25, 0.3) is 0 Å². The number of amides is 1. The van der Waals surface area contributed by atoms with Crippen molar-refractivity contribution in [3.05, 3.63) is 0 Å². The Morgan fingerprint density at radius 2 is 0.731 bits per heavy atom. The van der Waals surface area contributed by atoms with Crippen molar-refractivity contribution >= 4 is 5.91 Å². The highest BCUT2D eigenvalue weighted by Gasteiger charge is 2.53. The maximum atomic E-state index is 13.2. The fourth-order valence-electron chi connectivity index (χ4n) is 11.0. The van der Waals surface area contributed by atoms with E-state index in [1.807, 2.05) is 0 Å². The van der Waals surface area contributed by atoms with Gasteiger partial charge in [0.05, 0.1) is 38.6 Å². The second-order valence-electron chi connectivity index (χ2n) is 22.9. The normalized spacial score (nSPS) is 30.4. The summed E-state index contributed by atoms with van der Waals surface area (Å²) >= 11 is 0. The minimum absolute atomic E-state index is 0.247. The number of nitrogens with one attached hydrogen (secondary N) is 1. The van der Waals surface area contributed by atoms with E-state index in [-0.39, 0.29) is 18.9 Å². The van der Waals surface area contributed by atoms with Gasteiger partial charge < -0.3 is 89.9 Å². The molecule has 0 aliphatic carbocycles. The predicted molar refractivity (Wildman–Crippen MR) is 296 cm³/mol. The molecule has 12 N–H and O–H groups in total. The molecule has 3 aliphatic rings. The first-order valence-corrected chi connectivity index (χ1v) is 31.3. The molecule has 17 atom stereocenters. The molecular weight excluding hydrogens is 1010 g/mol. The van der Waals surface area contributed by atoms with Crippen molar-refractivity contribution in [3.63, 3.8) is 0 Å². The van der Waals surface area contributed by atoms with E-state index >= 15 is 0 Å². The van der Waals surface area contributed by atoms with Gasteiger partial charge in [-0.15, -0.1) is 0 Å². The van der Waals surface area contributed by atoms with E-state index in [0.717, 1.165) is 44.9 Å². The summed E-state index contributed by atoms with van der Waals surface area (Å²) < 4.78 is 34.1. The van der Waals surface area contributed by atoms with Crippen molar-refractivity contribution in [2.45, 2.75) is 343 Å². The Balaban J connectivity index is 1.29. The average Bonchev–Trinajstić information content (AvgIpc) is 3.48. The van der Waals surface area contributed by atoms with Crippen LogP contribution >= 0.6 is 0 Å². The first kappa shape index (κ1) is 71.1. The maximum Gasteiger partial charge on any atom is 0.220 e. The maximum absolute atomic E-state index is 13.2. The van der Waals surface area contributed by atoms with Crippen molar-refractivity contribution in [2.24, 2.45) is 0 Å². The molecular formula is C59H113NO18. The summed E-state index contributed by atoms with van der Waals surface area (Å²) in [6, 6.07) is -0.877. The van der Waals surface area contributed by atoms with Crippen molar-refractivity contribution < 1.29 is 89.4 Å². The molecule has 0 saturated carbocycles. The molecule has 3 rings (SSSR count). The lowest BCUT2D eigenvalue weighted by atomic mass is 9.96. The molecule has 0 aromatic carbocycles. The molecule has 3 fully saturated rings. The Morgan fingerprint density at radius 1 is 0.410 bits per heavy atom. The summed E-state index contributed by atoms with van der Waals surface area (Å²) in [6.45, 7) is 1.67. The van der Waals surface area contributed by atoms with Crippen molar-refractivity contribution in [1.82, 2.24) is 5.32 Å². The largest absolute Gasteiger partial charge is 0.394 e. The predicted octanol–water partition coefficient (Wildman–Crippen LogP) is 5.99. The highest BCUT2D eigenvalue weighted by molar-refractivity contribution is 5.76. The number of hydrogen-bond acceptors (Lipinski definition) is 18. The minimum Gasteiger partial charge on any atom is -0.394 e. The third-order valence-corrected chi connectivity index (χ3v) is 16.2. The van der Waals surface area contributed by atoms with Crippen LogP contribution in [0.4, 0.5) is 0 Å². The topological polar surface area (TPSA) is 307 Å². The van der Waals surface area contributed by atoms with E-state index in [1.165, 1.54) is 161 Å². The van der Waals surface area contributed by atoms with Crippen LogP contribution in [0.15, 0.2) is 0 Å². The zero-order chi connectivity index (χ0) is 56.9. The number of hydrogen-bond donors (Lipinski definition) is 12. The zero-order valence-electron chi connectivity index (χ0n) is 48.2. The number of carbonyl (C=O) groups excluding carboxylic acids is 1. The summed E-state index contributed by atoms with van der Waals surface area (Å²) in [4.78, 5) is 13.2. The van der Waals surface area contributed by atoms with E-state index < -0.39 is 124 Å². The first-order valence-electron chi connectivity index (χ1n) is 31.3. The molecule has 19 nitrogen and oxygen atoms in total. The molecule has 19 heteroatoms. The van der Waals surface area contributed by atoms with Crippen molar-refractivity contribution in [3.8, 4) is 0 Å². The molecule has 462 valence electrons. The van der Waals surface area contributed by atoms with E-state index in [9.17, 15) is 61.0 Å². The third-order valence-electron chi connectivity index (χ3n) is 16.2. The Labute approximate surface area is 468 Å². The van der Waals surface area contributed by atoms with Crippen LogP contribution in [0.5, 0.6) is 0 Å². The molecule has 3 aliphatic heterocycles. The lowest BCUT2D eigenvalue weighted by Gasteiger charge is -2.48. The molecule has 0 aromatic rings. The van der Waals surface area contributed by atoms with Gasteiger partial charge in [0.1, 0.15) is 73.2 Å². The van der Waals surface area contributed by atoms with Gasteiger partial charge in [0, 0.05) is 6.42 Å². The van der Waals surface area contributed by atoms with E-state index in [4.69, 9.17) is 28.4 Å². The van der Waals surface area contributed by atoms with Crippen LogP contribution < -0.4 is 5.32 Å². The van der Waals surface area contributed by atoms with Crippen LogP contribution in [-0.2, 0) is 33.2 Å². The lowest BCUT2D eigenvalue weighted by Crippen LogP contribution is -2.66. The minimum atomic E-state index is -1.97. The summed E-state index contributed by atoms with van der Waals surface area (Å²) in [5.41, 5.74) is 0. The molecule has 17 unspecified atom stereocenters. The third kappa shape index (κ3) is 27.0. The monoisotopic (exact) mass is 1120 g/mol. The van der Waals surface area contributed by atoms with Gasteiger partial charge in [-0.1, -0.05) is 219 Å². The molecule has 3 saturated heterocycles. The highest BCUT2D eigenvalue weighted by Crippen LogP contribution is 2.33.